The highest BCUT2D eigenvalue weighted by atomic mass is 35.5. The van der Waals surface area contributed by atoms with E-state index in [1.54, 1.807) is 0 Å². The largest absolute Gasteiger partial charge is 0.313 e. The van der Waals surface area contributed by atoms with Gasteiger partial charge in [-0.25, -0.2) is 0 Å². The Kier molecular flexibility index (Phi) is 6.15. The van der Waals surface area contributed by atoms with Crippen LogP contribution in [0.15, 0.2) is 23.1 Å². The third-order valence-corrected chi connectivity index (χ3v) is 3.59. The molecule has 0 unspecified atom stereocenters. The van der Waals surface area contributed by atoms with Crippen LogP contribution < -0.4 is 5.32 Å². The van der Waals surface area contributed by atoms with Gasteiger partial charge >= 0.3 is 0 Å². The molecule has 0 aliphatic heterocycles. The molecule has 1 nitrogen and oxygen atoms in total. The second-order valence-corrected chi connectivity index (χ2v) is 4.95. The Labute approximate surface area is 102 Å². The number of rotatable bonds is 6. The molecule has 0 amide bonds. The first-order valence-corrected chi connectivity index (χ1v) is 6.76. The zero-order chi connectivity index (χ0) is 11.1. The topological polar surface area (TPSA) is 12.0 Å². The molecule has 0 bridgehead atoms. The van der Waals surface area contributed by atoms with Crippen molar-refractivity contribution in [2.75, 3.05) is 12.3 Å². The van der Waals surface area contributed by atoms with Crippen LogP contribution in [0.5, 0.6) is 0 Å². The standard InChI is InChI=1S/C12H18ClNS/c1-3-7-15-12-8-11(13)6-5-10(12)9-14-4-2/h5-6,8,14H,3-4,7,9H2,1-2H3. The first-order valence-electron chi connectivity index (χ1n) is 5.39. The minimum atomic E-state index is 0.828. The lowest BCUT2D eigenvalue weighted by molar-refractivity contribution is 0.718. The van der Waals surface area contributed by atoms with E-state index in [1.165, 1.54) is 16.9 Å². The molecule has 1 N–H and O–H groups in total. The number of halogens is 1. The van der Waals surface area contributed by atoms with Gasteiger partial charge in [0, 0.05) is 16.5 Å². The Hall–Kier alpha value is -0.180. The van der Waals surface area contributed by atoms with Gasteiger partial charge < -0.3 is 5.32 Å². The quantitative estimate of drug-likeness (QED) is 0.760. The maximum atomic E-state index is 6.00. The summed E-state index contributed by atoms with van der Waals surface area (Å²) in [6.07, 6.45) is 1.19. The van der Waals surface area contributed by atoms with E-state index in [9.17, 15) is 0 Å². The number of hydrogen-bond acceptors (Lipinski definition) is 2. The first kappa shape index (κ1) is 12.9. The van der Waals surface area contributed by atoms with Gasteiger partial charge in [0.2, 0.25) is 0 Å². The van der Waals surface area contributed by atoms with Crippen LogP contribution >= 0.6 is 23.4 Å². The predicted octanol–water partition coefficient (Wildman–Crippen LogP) is 3.95. The summed E-state index contributed by atoms with van der Waals surface area (Å²) in [7, 11) is 0. The van der Waals surface area contributed by atoms with Gasteiger partial charge in [-0.1, -0.05) is 31.5 Å². The number of thioether (sulfide) groups is 1. The van der Waals surface area contributed by atoms with E-state index in [0.717, 1.165) is 23.9 Å². The first-order chi connectivity index (χ1) is 7.27. The summed E-state index contributed by atoms with van der Waals surface area (Å²) >= 11 is 7.88. The molecule has 0 spiro atoms. The Morgan fingerprint density at radius 3 is 2.80 bits per heavy atom. The Bertz CT molecular complexity index is 302. The smallest absolute Gasteiger partial charge is 0.0417 e. The average Bonchev–Trinajstić information content (AvgIpc) is 2.25. The molecule has 0 aromatic heterocycles. The maximum Gasteiger partial charge on any atom is 0.0417 e. The van der Waals surface area contributed by atoms with Crippen molar-refractivity contribution >= 4 is 23.4 Å². The molecule has 0 aliphatic rings. The molecule has 1 aromatic rings. The fourth-order valence-electron chi connectivity index (χ4n) is 1.28. The van der Waals surface area contributed by atoms with E-state index in [2.05, 4.69) is 31.3 Å². The van der Waals surface area contributed by atoms with Gasteiger partial charge in [0.05, 0.1) is 0 Å². The van der Waals surface area contributed by atoms with Crippen LogP contribution in [0, 0.1) is 0 Å². The molecule has 84 valence electrons. The highest BCUT2D eigenvalue weighted by Gasteiger charge is 2.03. The molecule has 0 radical (unpaired) electrons. The monoisotopic (exact) mass is 243 g/mol. The van der Waals surface area contributed by atoms with E-state index < -0.39 is 0 Å². The molecular weight excluding hydrogens is 226 g/mol. The normalized spacial score (nSPS) is 10.6. The minimum absolute atomic E-state index is 0.828. The van der Waals surface area contributed by atoms with Crippen LogP contribution in [-0.2, 0) is 6.54 Å². The van der Waals surface area contributed by atoms with Crippen molar-refractivity contribution in [1.82, 2.24) is 5.32 Å². The van der Waals surface area contributed by atoms with Gasteiger partial charge in [-0.15, -0.1) is 11.8 Å². The number of hydrogen-bond donors (Lipinski definition) is 1. The Morgan fingerprint density at radius 1 is 1.33 bits per heavy atom. The second-order valence-electron chi connectivity index (χ2n) is 3.38. The van der Waals surface area contributed by atoms with Crippen molar-refractivity contribution in [3.8, 4) is 0 Å². The zero-order valence-corrected chi connectivity index (χ0v) is 10.9. The van der Waals surface area contributed by atoms with Crippen molar-refractivity contribution in [2.24, 2.45) is 0 Å². The number of benzene rings is 1. The van der Waals surface area contributed by atoms with Crippen molar-refractivity contribution in [3.63, 3.8) is 0 Å². The highest BCUT2D eigenvalue weighted by molar-refractivity contribution is 7.99. The SMILES string of the molecule is CCCSc1cc(Cl)ccc1CNCC. The highest BCUT2D eigenvalue weighted by Crippen LogP contribution is 2.26. The molecule has 0 heterocycles. The van der Waals surface area contributed by atoms with E-state index in [0.29, 0.717) is 0 Å². The summed E-state index contributed by atoms with van der Waals surface area (Å²) in [6, 6.07) is 6.14. The molecule has 1 aromatic carbocycles. The van der Waals surface area contributed by atoms with Crippen LogP contribution in [0.1, 0.15) is 25.8 Å². The zero-order valence-electron chi connectivity index (χ0n) is 9.35. The summed E-state index contributed by atoms with van der Waals surface area (Å²) in [5, 5.41) is 4.17. The van der Waals surface area contributed by atoms with Crippen molar-refractivity contribution < 1.29 is 0 Å². The molecule has 0 atom stereocenters. The van der Waals surface area contributed by atoms with E-state index in [-0.39, 0.29) is 0 Å². The molecular formula is C12H18ClNS. The van der Waals surface area contributed by atoms with Gasteiger partial charge in [-0.2, -0.15) is 0 Å². The third kappa shape index (κ3) is 4.45. The van der Waals surface area contributed by atoms with Crippen LogP contribution in [0.4, 0.5) is 0 Å². The van der Waals surface area contributed by atoms with Crippen molar-refractivity contribution in [1.29, 1.82) is 0 Å². The molecule has 3 heteroatoms. The molecule has 1 rings (SSSR count). The second kappa shape index (κ2) is 7.15. The molecule has 0 saturated carbocycles. The summed E-state index contributed by atoms with van der Waals surface area (Å²) in [4.78, 5) is 1.31. The average molecular weight is 244 g/mol. The summed E-state index contributed by atoms with van der Waals surface area (Å²) in [5.74, 6) is 1.15. The third-order valence-electron chi connectivity index (χ3n) is 2.06. The molecule has 0 fully saturated rings. The predicted molar refractivity (Wildman–Crippen MR) is 69.8 cm³/mol. The molecule has 15 heavy (non-hydrogen) atoms. The summed E-state index contributed by atoms with van der Waals surface area (Å²) in [5.41, 5.74) is 1.35. The molecule has 0 saturated heterocycles. The minimum Gasteiger partial charge on any atom is -0.313 e. The summed E-state index contributed by atoms with van der Waals surface area (Å²) in [6.45, 7) is 6.25. The van der Waals surface area contributed by atoms with Gasteiger partial charge in [-0.3, -0.25) is 0 Å². The molecule has 0 aliphatic carbocycles. The van der Waals surface area contributed by atoms with Crippen LogP contribution in [0.3, 0.4) is 0 Å². The maximum absolute atomic E-state index is 6.00. The van der Waals surface area contributed by atoms with E-state index >= 15 is 0 Å². The Balaban J connectivity index is 2.73. The lowest BCUT2D eigenvalue weighted by Crippen LogP contribution is -2.12. The van der Waals surface area contributed by atoms with Gasteiger partial charge in [0.25, 0.3) is 0 Å². The fraction of sp³-hybridized carbons (Fsp3) is 0.500. The van der Waals surface area contributed by atoms with Gasteiger partial charge in [-0.05, 0) is 36.4 Å². The van der Waals surface area contributed by atoms with Crippen LogP contribution in [0.25, 0.3) is 0 Å². The lowest BCUT2D eigenvalue weighted by atomic mass is 10.2. The van der Waals surface area contributed by atoms with Gasteiger partial charge in [0.15, 0.2) is 0 Å². The van der Waals surface area contributed by atoms with Crippen LogP contribution in [-0.4, -0.2) is 12.3 Å². The van der Waals surface area contributed by atoms with Crippen molar-refractivity contribution in [3.05, 3.63) is 28.8 Å². The fourth-order valence-corrected chi connectivity index (χ4v) is 2.48. The van der Waals surface area contributed by atoms with E-state index in [1.807, 2.05) is 17.8 Å². The van der Waals surface area contributed by atoms with Crippen molar-refractivity contribution in [2.45, 2.75) is 31.7 Å². The van der Waals surface area contributed by atoms with E-state index in [4.69, 9.17) is 11.6 Å². The van der Waals surface area contributed by atoms with Crippen LogP contribution in [0.2, 0.25) is 5.02 Å². The van der Waals surface area contributed by atoms with Gasteiger partial charge in [0.1, 0.15) is 0 Å². The Morgan fingerprint density at radius 2 is 2.13 bits per heavy atom. The lowest BCUT2D eigenvalue weighted by Gasteiger charge is -2.09. The number of nitrogens with one attached hydrogen (secondary N) is 1. The summed E-state index contributed by atoms with van der Waals surface area (Å²) < 4.78 is 0.